The average Bonchev–Trinajstić information content (AvgIpc) is 2.72. The van der Waals surface area contributed by atoms with E-state index in [4.69, 9.17) is 0 Å². The van der Waals surface area contributed by atoms with Crippen LogP contribution in [0.3, 0.4) is 0 Å². The average molecular weight is 388 g/mol. The summed E-state index contributed by atoms with van der Waals surface area (Å²) in [6.07, 6.45) is -3.06. The van der Waals surface area contributed by atoms with Gasteiger partial charge in [-0.2, -0.15) is 13.2 Å². The number of hydrogen-bond donors (Lipinski definition) is 0. The van der Waals surface area contributed by atoms with E-state index in [1.54, 1.807) is 15.9 Å². The Morgan fingerprint density at radius 3 is 2.29 bits per heavy atom. The summed E-state index contributed by atoms with van der Waals surface area (Å²) in [4.78, 5) is 24.8. The Labute approximate surface area is 157 Å². The fourth-order valence-electron chi connectivity index (χ4n) is 3.01. The molecule has 7 nitrogen and oxygen atoms in total. The molecule has 0 bridgehead atoms. The molecule has 1 aliphatic heterocycles. The molecule has 0 saturated carbocycles. The molecule has 3 heterocycles. The molecule has 0 radical (unpaired) electrons. The molecule has 1 aromatic carbocycles. The summed E-state index contributed by atoms with van der Waals surface area (Å²) >= 11 is 0. The maximum atomic E-state index is 12.7. The van der Waals surface area contributed by atoms with Crippen molar-refractivity contribution < 1.29 is 18.0 Å². The molecule has 144 valence electrons. The highest BCUT2D eigenvalue weighted by Crippen LogP contribution is 2.27. The molecule has 1 saturated heterocycles. The van der Waals surface area contributed by atoms with Gasteiger partial charge in [0.25, 0.3) is 5.91 Å². The van der Waals surface area contributed by atoms with Crippen LogP contribution in [-0.2, 0) is 6.18 Å². The largest absolute Gasteiger partial charge is 0.435 e. The summed E-state index contributed by atoms with van der Waals surface area (Å²) in [5, 5.41) is 6.90. The lowest BCUT2D eigenvalue weighted by Crippen LogP contribution is -2.49. The summed E-state index contributed by atoms with van der Waals surface area (Å²) in [5.74, 6) is 0.127. The minimum absolute atomic E-state index is 0.226. The number of anilines is 1. The lowest BCUT2D eigenvalue weighted by atomic mass is 10.2. The molecular weight excluding hydrogens is 373 g/mol. The van der Waals surface area contributed by atoms with Crippen LogP contribution in [0, 0.1) is 0 Å². The predicted octanol–water partition coefficient (Wildman–Crippen LogP) is 2.40. The van der Waals surface area contributed by atoms with Crippen LogP contribution in [0.4, 0.5) is 19.0 Å². The van der Waals surface area contributed by atoms with Crippen molar-refractivity contribution in [1.82, 2.24) is 25.1 Å². The van der Waals surface area contributed by atoms with Crippen molar-refractivity contribution in [3.05, 3.63) is 54.0 Å². The van der Waals surface area contributed by atoms with Crippen molar-refractivity contribution in [1.29, 1.82) is 0 Å². The summed E-state index contributed by atoms with van der Waals surface area (Å²) in [5.41, 5.74) is 0.596. The van der Waals surface area contributed by atoms with Crippen molar-refractivity contribution in [2.75, 3.05) is 31.1 Å². The highest BCUT2D eigenvalue weighted by Gasteiger charge is 2.33. The Morgan fingerprint density at radius 1 is 0.929 bits per heavy atom. The maximum Gasteiger partial charge on any atom is 0.435 e. The van der Waals surface area contributed by atoms with E-state index in [0.717, 1.165) is 6.07 Å². The summed E-state index contributed by atoms with van der Waals surface area (Å²) < 4.78 is 37.8. The van der Waals surface area contributed by atoms with E-state index < -0.39 is 11.9 Å². The second-order valence-electron chi connectivity index (χ2n) is 6.30. The van der Waals surface area contributed by atoms with E-state index >= 15 is 0 Å². The second kappa shape index (κ2) is 7.02. The number of amides is 1. The Hall–Kier alpha value is -3.30. The van der Waals surface area contributed by atoms with Gasteiger partial charge in [0.15, 0.2) is 11.5 Å². The zero-order valence-electron chi connectivity index (χ0n) is 14.6. The van der Waals surface area contributed by atoms with E-state index in [0.29, 0.717) is 43.0 Å². The molecule has 1 fully saturated rings. The van der Waals surface area contributed by atoms with Crippen LogP contribution in [0.25, 0.3) is 11.0 Å². The number of alkyl halides is 3. The number of fused-ring (bicyclic) bond motifs is 1. The van der Waals surface area contributed by atoms with Crippen molar-refractivity contribution in [2.45, 2.75) is 6.18 Å². The minimum atomic E-state index is -4.52. The second-order valence-corrected chi connectivity index (χ2v) is 6.30. The van der Waals surface area contributed by atoms with Gasteiger partial charge in [-0.05, 0) is 24.3 Å². The molecule has 1 aliphatic rings. The number of para-hydroxylation sites is 2. The molecule has 0 unspecified atom stereocenters. The first kappa shape index (κ1) is 18.1. The number of aromatic nitrogens is 4. The molecule has 1 amide bonds. The number of halogens is 3. The molecule has 10 heteroatoms. The maximum absolute atomic E-state index is 12.7. The smallest absolute Gasteiger partial charge is 0.352 e. The van der Waals surface area contributed by atoms with E-state index in [9.17, 15) is 18.0 Å². The third-order valence-corrected chi connectivity index (χ3v) is 4.50. The van der Waals surface area contributed by atoms with Crippen LogP contribution in [0.1, 0.15) is 16.2 Å². The highest BCUT2D eigenvalue weighted by atomic mass is 19.4. The fraction of sp³-hybridized carbons (Fsp3) is 0.278. The first-order valence-electron chi connectivity index (χ1n) is 8.59. The number of benzene rings is 1. The molecular formula is C18H15F3N6O. The van der Waals surface area contributed by atoms with Crippen LogP contribution >= 0.6 is 0 Å². The van der Waals surface area contributed by atoms with Gasteiger partial charge in [0.1, 0.15) is 5.69 Å². The number of hydrogen-bond acceptors (Lipinski definition) is 6. The van der Waals surface area contributed by atoms with Gasteiger partial charge in [0.2, 0.25) is 0 Å². The third-order valence-electron chi connectivity index (χ3n) is 4.50. The fourth-order valence-corrected chi connectivity index (χ4v) is 3.01. The SMILES string of the molecule is O=C(c1cnc2ccccc2n1)N1CCN(c2ccc(C(F)(F)F)nn2)CC1. The number of nitrogens with zero attached hydrogens (tertiary/aromatic N) is 6. The van der Waals surface area contributed by atoms with Gasteiger partial charge in [-0.15, -0.1) is 10.2 Å². The van der Waals surface area contributed by atoms with E-state index in [1.807, 2.05) is 18.2 Å². The van der Waals surface area contributed by atoms with Crippen LogP contribution in [0.2, 0.25) is 0 Å². The van der Waals surface area contributed by atoms with Gasteiger partial charge in [0.05, 0.1) is 17.2 Å². The monoisotopic (exact) mass is 388 g/mol. The van der Waals surface area contributed by atoms with E-state index in [1.165, 1.54) is 12.3 Å². The van der Waals surface area contributed by atoms with Crippen LogP contribution < -0.4 is 4.90 Å². The zero-order valence-corrected chi connectivity index (χ0v) is 14.6. The summed E-state index contributed by atoms with van der Waals surface area (Å²) in [6, 6.07) is 9.49. The topological polar surface area (TPSA) is 75.1 Å². The van der Waals surface area contributed by atoms with E-state index in [2.05, 4.69) is 20.2 Å². The molecule has 0 aliphatic carbocycles. The van der Waals surface area contributed by atoms with Gasteiger partial charge >= 0.3 is 6.18 Å². The zero-order chi connectivity index (χ0) is 19.7. The van der Waals surface area contributed by atoms with Crippen LogP contribution in [0.5, 0.6) is 0 Å². The third kappa shape index (κ3) is 3.57. The standard InChI is InChI=1S/C18H15F3N6O/c19-18(20,21)15-5-6-16(25-24-15)26-7-9-27(10-8-26)17(28)14-11-22-12-3-1-2-4-13(12)23-14/h1-6,11H,7-10H2. The van der Waals surface area contributed by atoms with Gasteiger partial charge in [-0.25, -0.2) is 4.98 Å². The quantitative estimate of drug-likeness (QED) is 0.671. The van der Waals surface area contributed by atoms with Crippen molar-refractivity contribution >= 4 is 22.8 Å². The Balaban J connectivity index is 1.42. The number of carbonyl (C=O) groups excluding carboxylic acids is 1. The molecule has 3 aromatic rings. The molecule has 4 rings (SSSR count). The number of piperazine rings is 1. The van der Waals surface area contributed by atoms with Gasteiger partial charge in [-0.3, -0.25) is 9.78 Å². The Bertz CT molecular complexity index is 1000. The van der Waals surface area contributed by atoms with Crippen LogP contribution in [0.15, 0.2) is 42.6 Å². The van der Waals surface area contributed by atoms with Gasteiger partial charge < -0.3 is 9.80 Å². The number of rotatable bonds is 2. The van der Waals surface area contributed by atoms with Gasteiger partial charge in [-0.1, -0.05) is 12.1 Å². The lowest BCUT2D eigenvalue weighted by molar-refractivity contribution is -0.141. The first-order valence-corrected chi connectivity index (χ1v) is 8.59. The molecule has 0 spiro atoms. The lowest BCUT2D eigenvalue weighted by Gasteiger charge is -2.35. The summed E-state index contributed by atoms with van der Waals surface area (Å²) in [6.45, 7) is 1.67. The first-order chi connectivity index (χ1) is 13.4. The van der Waals surface area contributed by atoms with E-state index in [-0.39, 0.29) is 11.6 Å². The molecule has 0 N–H and O–H groups in total. The highest BCUT2D eigenvalue weighted by molar-refractivity contribution is 5.94. The Morgan fingerprint density at radius 2 is 1.64 bits per heavy atom. The molecule has 28 heavy (non-hydrogen) atoms. The van der Waals surface area contributed by atoms with Crippen molar-refractivity contribution in [2.24, 2.45) is 0 Å². The van der Waals surface area contributed by atoms with Crippen molar-refractivity contribution in [3.8, 4) is 0 Å². The normalized spacial score (nSPS) is 15.1. The molecule has 2 aromatic heterocycles. The minimum Gasteiger partial charge on any atom is -0.352 e. The predicted molar refractivity (Wildman–Crippen MR) is 94.7 cm³/mol. The summed E-state index contributed by atoms with van der Waals surface area (Å²) in [7, 11) is 0. The Kier molecular flexibility index (Phi) is 4.54. The van der Waals surface area contributed by atoms with Crippen molar-refractivity contribution in [3.63, 3.8) is 0 Å². The number of carbonyl (C=O) groups is 1. The molecule has 0 atom stereocenters. The van der Waals surface area contributed by atoms with Gasteiger partial charge in [0, 0.05) is 26.2 Å². The van der Waals surface area contributed by atoms with Crippen LogP contribution in [-0.4, -0.2) is 57.2 Å².